The first kappa shape index (κ1) is 20.7. The Labute approximate surface area is 180 Å². The van der Waals surface area contributed by atoms with Crippen LogP contribution in [0, 0.1) is 23.0 Å². The van der Waals surface area contributed by atoms with Crippen molar-refractivity contribution in [3.63, 3.8) is 0 Å². The molecule has 0 spiro atoms. The number of aromatic nitrogens is 4. The summed E-state index contributed by atoms with van der Waals surface area (Å²) in [4.78, 5) is 25.3. The molecule has 5 N–H and O–H groups in total. The van der Waals surface area contributed by atoms with E-state index in [-0.39, 0.29) is 29.0 Å². The van der Waals surface area contributed by atoms with Gasteiger partial charge < -0.3 is 16.8 Å². The number of hydrogen-bond acceptors (Lipinski definition) is 8. The van der Waals surface area contributed by atoms with Crippen LogP contribution in [0.1, 0.15) is 24.4 Å². The number of rotatable bonds is 4. The van der Waals surface area contributed by atoms with Gasteiger partial charge in [0.25, 0.3) is 5.56 Å². The molecule has 2 aromatic heterocycles. The van der Waals surface area contributed by atoms with Gasteiger partial charge in [-0.25, -0.2) is 13.8 Å². The third-order valence-corrected chi connectivity index (χ3v) is 4.77. The minimum Gasteiger partial charge on any atom is -0.382 e. The number of para-hydroxylation sites is 1. The summed E-state index contributed by atoms with van der Waals surface area (Å²) in [6.45, 7) is 1.61. The lowest BCUT2D eigenvalue weighted by Gasteiger charge is -2.21. The van der Waals surface area contributed by atoms with E-state index in [0.29, 0.717) is 5.69 Å². The number of nitrogens with two attached hydrogens (primary N) is 2. The van der Waals surface area contributed by atoms with E-state index in [9.17, 15) is 18.8 Å². The quantitative estimate of drug-likeness (QED) is 0.444. The number of nitriles is 1. The molecular formula is C21H16F2N8O. The summed E-state index contributed by atoms with van der Waals surface area (Å²) in [5.74, 6) is -1.97. The predicted octanol–water partition coefficient (Wildman–Crippen LogP) is 2.66. The Morgan fingerprint density at radius 1 is 1.06 bits per heavy atom. The summed E-state index contributed by atoms with van der Waals surface area (Å²) < 4.78 is 30.1. The van der Waals surface area contributed by atoms with Gasteiger partial charge in [-0.05, 0) is 31.2 Å². The maximum atomic E-state index is 14.5. The standard InChI is InChI=1S/C21H16F2N8O/c1-10(27-18-12(9-24)17(25)29-21(26)30-18)19-28-16-14(23)8-7-13(22)15(16)20(32)31(19)11-5-3-2-4-6-11/h2-8,10H,1H3,(H5,25,26,27,29,30). The predicted molar refractivity (Wildman–Crippen MR) is 115 cm³/mol. The van der Waals surface area contributed by atoms with Crippen LogP contribution in [0.15, 0.2) is 47.3 Å². The summed E-state index contributed by atoms with van der Waals surface area (Å²) in [6, 6.07) is 11.2. The van der Waals surface area contributed by atoms with Crippen molar-refractivity contribution in [1.29, 1.82) is 5.26 Å². The molecule has 0 radical (unpaired) electrons. The van der Waals surface area contributed by atoms with Crippen LogP contribution >= 0.6 is 0 Å². The van der Waals surface area contributed by atoms with Crippen LogP contribution in [-0.4, -0.2) is 19.5 Å². The van der Waals surface area contributed by atoms with E-state index in [1.165, 1.54) is 4.57 Å². The van der Waals surface area contributed by atoms with E-state index in [0.717, 1.165) is 12.1 Å². The molecule has 9 nitrogen and oxygen atoms in total. The fourth-order valence-electron chi connectivity index (χ4n) is 3.33. The number of nitrogen functional groups attached to an aromatic ring is 2. The molecule has 0 saturated carbocycles. The van der Waals surface area contributed by atoms with Crippen molar-refractivity contribution in [1.82, 2.24) is 19.5 Å². The van der Waals surface area contributed by atoms with Crippen molar-refractivity contribution in [2.75, 3.05) is 16.8 Å². The van der Waals surface area contributed by atoms with Crippen LogP contribution in [0.25, 0.3) is 16.6 Å². The molecule has 4 aromatic rings. The fourth-order valence-corrected chi connectivity index (χ4v) is 3.33. The van der Waals surface area contributed by atoms with Gasteiger partial charge in [-0.1, -0.05) is 18.2 Å². The molecule has 2 heterocycles. The number of nitrogens with zero attached hydrogens (tertiary/aromatic N) is 5. The number of hydrogen-bond donors (Lipinski definition) is 3. The normalized spacial score (nSPS) is 11.8. The Balaban J connectivity index is 1.97. The molecule has 0 aliphatic rings. The van der Waals surface area contributed by atoms with Crippen LogP contribution in [-0.2, 0) is 0 Å². The van der Waals surface area contributed by atoms with Gasteiger partial charge in [0.1, 0.15) is 45.8 Å². The molecule has 0 fully saturated rings. The highest BCUT2D eigenvalue weighted by Crippen LogP contribution is 2.26. The largest absolute Gasteiger partial charge is 0.382 e. The Kier molecular flexibility index (Phi) is 5.11. The fraction of sp³-hybridized carbons (Fsp3) is 0.0952. The summed E-state index contributed by atoms with van der Waals surface area (Å²) in [5.41, 5.74) is 10.5. The molecule has 0 amide bonds. The number of fused-ring (bicyclic) bond motifs is 1. The molecule has 2 aromatic carbocycles. The lowest BCUT2D eigenvalue weighted by Crippen LogP contribution is -2.28. The molecule has 0 saturated heterocycles. The Morgan fingerprint density at radius 3 is 2.44 bits per heavy atom. The molecule has 11 heteroatoms. The zero-order chi connectivity index (χ0) is 23.0. The number of benzene rings is 2. The minimum atomic E-state index is -0.890. The lowest BCUT2D eigenvalue weighted by atomic mass is 10.1. The van der Waals surface area contributed by atoms with Crippen molar-refractivity contribution < 1.29 is 8.78 Å². The topological polar surface area (TPSA) is 149 Å². The van der Waals surface area contributed by atoms with Gasteiger partial charge in [-0.2, -0.15) is 15.2 Å². The Hall–Kier alpha value is -4.59. The van der Waals surface area contributed by atoms with Gasteiger partial charge in [-0.3, -0.25) is 9.36 Å². The molecule has 32 heavy (non-hydrogen) atoms. The summed E-state index contributed by atoms with van der Waals surface area (Å²) >= 11 is 0. The number of anilines is 3. The van der Waals surface area contributed by atoms with Crippen LogP contribution in [0.4, 0.5) is 26.4 Å². The van der Waals surface area contributed by atoms with E-state index >= 15 is 0 Å². The van der Waals surface area contributed by atoms with Gasteiger partial charge in [0.15, 0.2) is 5.82 Å². The van der Waals surface area contributed by atoms with E-state index in [4.69, 9.17) is 11.5 Å². The first-order valence-electron chi connectivity index (χ1n) is 9.37. The molecule has 4 rings (SSSR count). The summed E-state index contributed by atoms with van der Waals surface area (Å²) in [5, 5.41) is 11.9. The lowest BCUT2D eigenvalue weighted by molar-refractivity contribution is 0.609. The van der Waals surface area contributed by atoms with Crippen molar-refractivity contribution in [3.05, 3.63) is 75.8 Å². The van der Waals surface area contributed by atoms with Crippen LogP contribution in [0.3, 0.4) is 0 Å². The van der Waals surface area contributed by atoms with Crippen molar-refractivity contribution in [2.24, 2.45) is 0 Å². The highest BCUT2D eigenvalue weighted by atomic mass is 19.1. The highest BCUT2D eigenvalue weighted by molar-refractivity contribution is 5.79. The summed E-state index contributed by atoms with van der Waals surface area (Å²) in [7, 11) is 0. The van der Waals surface area contributed by atoms with Gasteiger partial charge in [0.05, 0.1) is 11.7 Å². The smallest absolute Gasteiger partial charge is 0.269 e. The second-order valence-electron chi connectivity index (χ2n) is 6.87. The van der Waals surface area contributed by atoms with Gasteiger partial charge >= 0.3 is 0 Å². The van der Waals surface area contributed by atoms with Gasteiger partial charge in [0, 0.05) is 0 Å². The zero-order valence-electron chi connectivity index (χ0n) is 16.7. The molecule has 0 aliphatic carbocycles. The molecule has 1 unspecified atom stereocenters. The monoisotopic (exact) mass is 434 g/mol. The van der Waals surface area contributed by atoms with E-state index in [1.807, 2.05) is 6.07 Å². The second-order valence-corrected chi connectivity index (χ2v) is 6.87. The van der Waals surface area contributed by atoms with Crippen molar-refractivity contribution >= 4 is 28.5 Å². The minimum absolute atomic E-state index is 0.0127. The molecule has 0 bridgehead atoms. The van der Waals surface area contributed by atoms with E-state index in [1.54, 1.807) is 37.3 Å². The maximum Gasteiger partial charge on any atom is 0.269 e. The third kappa shape index (κ3) is 3.43. The highest BCUT2D eigenvalue weighted by Gasteiger charge is 2.23. The van der Waals surface area contributed by atoms with Crippen LogP contribution in [0.5, 0.6) is 0 Å². The van der Waals surface area contributed by atoms with Gasteiger partial charge in [-0.15, -0.1) is 0 Å². The maximum absolute atomic E-state index is 14.5. The Morgan fingerprint density at radius 2 is 1.75 bits per heavy atom. The first-order chi connectivity index (χ1) is 15.3. The second kappa shape index (κ2) is 7.92. The Bertz CT molecular complexity index is 1450. The number of halogens is 2. The zero-order valence-corrected chi connectivity index (χ0v) is 16.7. The van der Waals surface area contributed by atoms with Crippen LogP contribution < -0.4 is 22.3 Å². The average Bonchev–Trinajstić information content (AvgIpc) is 2.76. The average molecular weight is 434 g/mol. The SMILES string of the molecule is CC(Nc1nc(N)nc(N)c1C#N)c1nc2c(F)ccc(F)c2c(=O)n1-c1ccccc1. The molecule has 1 atom stereocenters. The van der Waals surface area contributed by atoms with Crippen LogP contribution in [0.2, 0.25) is 0 Å². The molecule has 160 valence electrons. The summed E-state index contributed by atoms with van der Waals surface area (Å²) in [6.07, 6.45) is 0. The van der Waals surface area contributed by atoms with Gasteiger partial charge in [0.2, 0.25) is 5.95 Å². The third-order valence-electron chi connectivity index (χ3n) is 4.77. The van der Waals surface area contributed by atoms with E-state index < -0.39 is 34.1 Å². The number of nitrogens with one attached hydrogen (secondary N) is 1. The van der Waals surface area contributed by atoms with E-state index in [2.05, 4.69) is 20.3 Å². The van der Waals surface area contributed by atoms with Crippen molar-refractivity contribution in [2.45, 2.75) is 13.0 Å². The molecular weight excluding hydrogens is 418 g/mol. The molecule has 0 aliphatic heterocycles. The first-order valence-corrected chi connectivity index (χ1v) is 9.37. The van der Waals surface area contributed by atoms with Crippen molar-refractivity contribution in [3.8, 4) is 11.8 Å².